The summed E-state index contributed by atoms with van der Waals surface area (Å²) in [5.41, 5.74) is 0.114. The first kappa shape index (κ1) is 13.0. The van der Waals surface area contributed by atoms with Crippen LogP contribution in [0.2, 0.25) is 0 Å². The highest BCUT2D eigenvalue weighted by Crippen LogP contribution is 2.12. The number of rotatable bonds is 5. The van der Waals surface area contributed by atoms with Crippen molar-refractivity contribution in [3.05, 3.63) is 46.7 Å². The Hall–Kier alpha value is -1.49. The molecule has 0 amide bonds. The number of aromatic nitrogens is 1. The van der Waals surface area contributed by atoms with Gasteiger partial charge in [-0.3, -0.25) is 9.69 Å². The summed E-state index contributed by atoms with van der Waals surface area (Å²) in [6.07, 6.45) is 3.07. The minimum atomic E-state index is -0.749. The maximum absolute atomic E-state index is 13.4. The van der Waals surface area contributed by atoms with Gasteiger partial charge in [-0.1, -0.05) is 6.08 Å². The molecule has 1 aliphatic heterocycles. The Kier molecular flexibility index (Phi) is 3.91. The van der Waals surface area contributed by atoms with Gasteiger partial charge in [0, 0.05) is 32.4 Å². The van der Waals surface area contributed by atoms with Crippen molar-refractivity contribution in [3.8, 4) is 0 Å². The third kappa shape index (κ3) is 2.85. The van der Waals surface area contributed by atoms with Crippen molar-refractivity contribution in [2.45, 2.75) is 19.1 Å². The molecule has 18 heavy (non-hydrogen) atoms. The van der Waals surface area contributed by atoms with E-state index in [1.807, 2.05) is 4.90 Å². The molecular weight excluding hydrogens is 238 g/mol. The lowest BCUT2D eigenvalue weighted by molar-refractivity contribution is 0.0670. The van der Waals surface area contributed by atoms with Crippen LogP contribution in [0.25, 0.3) is 0 Å². The van der Waals surface area contributed by atoms with Gasteiger partial charge in [-0.05, 0) is 18.1 Å². The van der Waals surface area contributed by atoms with Crippen molar-refractivity contribution in [2.75, 3.05) is 19.6 Å². The maximum Gasteiger partial charge on any atom is 0.286 e. The van der Waals surface area contributed by atoms with E-state index in [0.717, 1.165) is 5.56 Å². The van der Waals surface area contributed by atoms with Crippen LogP contribution in [0.3, 0.4) is 0 Å². The van der Waals surface area contributed by atoms with Crippen LogP contribution in [0.5, 0.6) is 0 Å². The highest BCUT2D eigenvalue weighted by Gasteiger charge is 2.25. The largest absolute Gasteiger partial charge is 0.309 e. The first-order chi connectivity index (χ1) is 8.60. The van der Waals surface area contributed by atoms with Gasteiger partial charge >= 0.3 is 0 Å². The molecule has 2 heterocycles. The predicted octanol–water partition coefficient (Wildman–Crippen LogP) is 1.37. The molecule has 1 aromatic rings. The zero-order valence-corrected chi connectivity index (χ0v) is 10.1. The Morgan fingerprint density at radius 3 is 2.83 bits per heavy atom. The summed E-state index contributed by atoms with van der Waals surface area (Å²) in [4.78, 5) is 13.4. The molecule has 0 aliphatic carbocycles. The van der Waals surface area contributed by atoms with Gasteiger partial charge in [0.15, 0.2) is 5.82 Å². The summed E-state index contributed by atoms with van der Waals surface area (Å²) in [6, 6.07) is 1.26. The second kappa shape index (κ2) is 5.44. The van der Waals surface area contributed by atoms with E-state index >= 15 is 0 Å². The maximum atomic E-state index is 13.4. The monoisotopic (exact) mass is 254 g/mol. The molecule has 1 saturated heterocycles. The van der Waals surface area contributed by atoms with E-state index in [1.54, 1.807) is 12.3 Å². The van der Waals surface area contributed by atoms with Gasteiger partial charge < -0.3 is 4.57 Å². The zero-order chi connectivity index (χ0) is 13.1. The third-order valence-corrected chi connectivity index (χ3v) is 3.05. The summed E-state index contributed by atoms with van der Waals surface area (Å²) >= 11 is 0. The minimum Gasteiger partial charge on any atom is -0.309 e. The number of hydrogen-bond acceptors (Lipinski definition) is 2. The SMILES string of the molecule is C=CCn1cc(CCN2CC(F)C2)cc(F)c1=O. The molecule has 1 aromatic heterocycles. The molecule has 3 nitrogen and oxygen atoms in total. The predicted molar refractivity (Wildman–Crippen MR) is 65.9 cm³/mol. The van der Waals surface area contributed by atoms with Crippen molar-refractivity contribution in [1.29, 1.82) is 0 Å². The standard InChI is InChI=1S/C13H16F2N2O/c1-2-4-17-7-10(6-12(15)13(17)18)3-5-16-8-11(14)9-16/h2,6-7,11H,1,3-5,8-9H2. The second-order valence-electron chi connectivity index (χ2n) is 4.55. The van der Waals surface area contributed by atoms with Crippen molar-refractivity contribution >= 4 is 0 Å². The highest BCUT2D eigenvalue weighted by molar-refractivity contribution is 5.13. The van der Waals surface area contributed by atoms with Gasteiger partial charge in [-0.2, -0.15) is 0 Å². The van der Waals surface area contributed by atoms with E-state index in [0.29, 0.717) is 32.6 Å². The van der Waals surface area contributed by atoms with Crippen LogP contribution < -0.4 is 5.56 Å². The van der Waals surface area contributed by atoms with E-state index in [4.69, 9.17) is 0 Å². The lowest BCUT2D eigenvalue weighted by Gasteiger charge is -2.34. The topological polar surface area (TPSA) is 25.2 Å². The van der Waals surface area contributed by atoms with Crippen LogP contribution in [0, 0.1) is 5.82 Å². The normalized spacial score (nSPS) is 16.6. The van der Waals surface area contributed by atoms with Crippen LogP contribution in [0.4, 0.5) is 8.78 Å². The summed E-state index contributed by atoms with van der Waals surface area (Å²) in [7, 11) is 0. The second-order valence-corrected chi connectivity index (χ2v) is 4.55. The minimum absolute atomic E-state index is 0.292. The first-order valence-electron chi connectivity index (χ1n) is 5.96. The van der Waals surface area contributed by atoms with Crippen molar-refractivity contribution in [2.24, 2.45) is 0 Å². The Bertz CT molecular complexity index is 492. The molecule has 98 valence electrons. The van der Waals surface area contributed by atoms with E-state index in [9.17, 15) is 13.6 Å². The molecule has 1 aliphatic rings. The molecule has 0 spiro atoms. The van der Waals surface area contributed by atoms with Crippen molar-refractivity contribution in [1.82, 2.24) is 9.47 Å². The van der Waals surface area contributed by atoms with E-state index in [2.05, 4.69) is 6.58 Å². The van der Waals surface area contributed by atoms with E-state index in [1.165, 1.54) is 10.6 Å². The van der Waals surface area contributed by atoms with Gasteiger partial charge in [0.25, 0.3) is 5.56 Å². The Balaban J connectivity index is 2.03. The zero-order valence-electron chi connectivity index (χ0n) is 10.1. The lowest BCUT2D eigenvalue weighted by Crippen LogP contribution is -2.48. The summed E-state index contributed by atoms with van der Waals surface area (Å²) in [6.45, 7) is 5.41. The third-order valence-electron chi connectivity index (χ3n) is 3.05. The van der Waals surface area contributed by atoms with E-state index in [-0.39, 0.29) is 0 Å². The fourth-order valence-electron chi connectivity index (χ4n) is 2.05. The molecule has 0 atom stereocenters. The van der Waals surface area contributed by atoms with Crippen LogP contribution in [0.1, 0.15) is 5.56 Å². The van der Waals surface area contributed by atoms with Crippen LogP contribution in [-0.2, 0) is 13.0 Å². The number of likely N-dealkylation sites (tertiary alicyclic amines) is 1. The summed E-state index contributed by atoms with van der Waals surface area (Å²) in [5.74, 6) is -0.749. The molecule has 2 rings (SSSR count). The van der Waals surface area contributed by atoms with Crippen molar-refractivity contribution < 1.29 is 8.78 Å². The number of hydrogen-bond donors (Lipinski definition) is 0. The molecule has 1 fully saturated rings. The molecule has 0 aromatic carbocycles. The number of allylic oxidation sites excluding steroid dienone is 1. The van der Waals surface area contributed by atoms with Gasteiger partial charge in [-0.15, -0.1) is 6.58 Å². The van der Waals surface area contributed by atoms with Gasteiger partial charge in [0.2, 0.25) is 0 Å². The van der Waals surface area contributed by atoms with Gasteiger partial charge in [-0.25, -0.2) is 8.78 Å². The quantitative estimate of drug-likeness (QED) is 0.741. The smallest absolute Gasteiger partial charge is 0.286 e. The van der Waals surface area contributed by atoms with Crippen molar-refractivity contribution in [3.63, 3.8) is 0 Å². The Morgan fingerprint density at radius 1 is 1.50 bits per heavy atom. The average molecular weight is 254 g/mol. The van der Waals surface area contributed by atoms with Crippen LogP contribution in [-0.4, -0.2) is 35.3 Å². The fourth-order valence-corrected chi connectivity index (χ4v) is 2.05. The molecule has 5 heteroatoms. The summed E-state index contributed by atoms with van der Waals surface area (Å²) in [5, 5.41) is 0. The van der Waals surface area contributed by atoms with Gasteiger partial charge in [0.1, 0.15) is 6.17 Å². The highest BCUT2D eigenvalue weighted by atomic mass is 19.1. The van der Waals surface area contributed by atoms with Crippen LogP contribution in [0.15, 0.2) is 29.7 Å². The molecule has 0 unspecified atom stereocenters. The molecular formula is C13H16F2N2O. The Labute approximate surface area is 104 Å². The number of pyridine rings is 1. The van der Waals surface area contributed by atoms with Crippen LogP contribution >= 0.6 is 0 Å². The average Bonchev–Trinajstić information content (AvgIpc) is 2.29. The van der Waals surface area contributed by atoms with Gasteiger partial charge in [0.05, 0.1) is 0 Å². The lowest BCUT2D eigenvalue weighted by atomic mass is 10.1. The van der Waals surface area contributed by atoms with E-state index < -0.39 is 17.5 Å². The number of halogens is 2. The first-order valence-corrected chi connectivity index (χ1v) is 5.96. The Morgan fingerprint density at radius 2 is 2.22 bits per heavy atom. The number of alkyl halides is 1. The molecule has 0 bridgehead atoms. The molecule has 0 N–H and O–H groups in total. The number of nitrogens with zero attached hydrogens (tertiary/aromatic N) is 2. The molecule has 0 saturated carbocycles. The summed E-state index contributed by atoms with van der Waals surface area (Å²) < 4.78 is 27.3. The molecule has 0 radical (unpaired) electrons. The fraction of sp³-hybridized carbons (Fsp3) is 0.462.